The first-order valence-corrected chi connectivity index (χ1v) is 14.9. The minimum Gasteiger partial charge on any atom is -0.465 e. The van der Waals surface area contributed by atoms with Crippen LogP contribution in [0.2, 0.25) is 10.0 Å². The van der Waals surface area contributed by atoms with Gasteiger partial charge in [-0.2, -0.15) is 0 Å². The summed E-state index contributed by atoms with van der Waals surface area (Å²) in [6.45, 7) is 8.10. The number of para-hydroxylation sites is 1. The molecule has 0 aliphatic heterocycles. The number of amides is 1. The maximum Gasteiger partial charge on any atom is 0.345 e. The van der Waals surface area contributed by atoms with Crippen LogP contribution < -0.4 is 9.64 Å². The third kappa shape index (κ3) is 10.4. The van der Waals surface area contributed by atoms with E-state index in [1.165, 1.54) is 29.3 Å². The van der Waals surface area contributed by atoms with E-state index in [4.69, 9.17) is 44.3 Å². The van der Waals surface area contributed by atoms with Crippen molar-refractivity contribution in [2.45, 2.75) is 40.0 Å². The number of carbonyl (C=O) groups is 2. The van der Waals surface area contributed by atoms with E-state index in [0.29, 0.717) is 23.9 Å². The molecule has 12 heteroatoms. The number of hydrogen-bond donors (Lipinski definition) is 0. The monoisotopic (exact) mass is 652 g/mol. The number of rotatable bonds is 13. The Morgan fingerprint density at radius 1 is 0.953 bits per heavy atom. The van der Waals surface area contributed by atoms with Gasteiger partial charge >= 0.3 is 5.97 Å². The highest BCUT2D eigenvalue weighted by molar-refractivity contribution is 6.35. The lowest BCUT2D eigenvalue weighted by molar-refractivity contribution is -0.385. The van der Waals surface area contributed by atoms with E-state index in [2.05, 4.69) is 43.7 Å². The fourth-order valence-electron chi connectivity index (χ4n) is 4.09. The molecule has 9 nitrogen and oxygen atoms in total. The molecule has 1 amide bonds. The lowest BCUT2D eigenvalue weighted by atomic mass is 10.0. The van der Waals surface area contributed by atoms with Gasteiger partial charge in [-0.15, -0.1) is 11.6 Å². The summed E-state index contributed by atoms with van der Waals surface area (Å²) in [4.78, 5) is 35.9. The zero-order valence-electron chi connectivity index (χ0n) is 24.5. The number of carbonyl (C=O) groups excluding carboxylic acids is 2. The van der Waals surface area contributed by atoms with Gasteiger partial charge in [-0.3, -0.25) is 14.9 Å². The molecule has 232 valence electrons. The molecule has 3 aromatic carbocycles. The summed E-state index contributed by atoms with van der Waals surface area (Å²) < 4.78 is 15.6. The number of methoxy groups -OCH3 is 1. The van der Waals surface area contributed by atoms with Gasteiger partial charge in [-0.05, 0) is 54.7 Å². The number of hydrogen-bond acceptors (Lipinski definition) is 7. The number of halogens is 3. The van der Waals surface area contributed by atoms with Crippen molar-refractivity contribution in [2.75, 3.05) is 37.6 Å². The smallest absolute Gasteiger partial charge is 0.345 e. The first-order valence-electron chi connectivity index (χ1n) is 13.7. The number of nitrogens with zero attached hydrogens (tertiary/aromatic N) is 2. The van der Waals surface area contributed by atoms with Gasteiger partial charge in [0.25, 0.3) is 5.69 Å². The molecular formula is C31H35Cl3N2O7. The summed E-state index contributed by atoms with van der Waals surface area (Å²) in [5.74, 6) is -0.396. The third-order valence-electron chi connectivity index (χ3n) is 6.15. The highest BCUT2D eigenvalue weighted by Gasteiger charge is 2.22. The van der Waals surface area contributed by atoms with Crippen LogP contribution in [0.1, 0.15) is 48.7 Å². The summed E-state index contributed by atoms with van der Waals surface area (Å²) in [5, 5.41) is 11.6. The largest absolute Gasteiger partial charge is 0.465 e. The first kappa shape index (κ1) is 35.8. The molecule has 0 heterocycles. The molecule has 0 spiro atoms. The number of benzene rings is 3. The van der Waals surface area contributed by atoms with Crippen LogP contribution in [0, 0.1) is 10.1 Å². The number of aryl methyl sites for hydroxylation is 2. The van der Waals surface area contributed by atoms with E-state index in [-0.39, 0.29) is 33.8 Å². The van der Waals surface area contributed by atoms with Gasteiger partial charge in [-0.1, -0.05) is 62.2 Å². The van der Waals surface area contributed by atoms with Crippen molar-refractivity contribution in [3.05, 3.63) is 91.4 Å². The van der Waals surface area contributed by atoms with Crippen LogP contribution in [0.4, 0.5) is 11.4 Å². The molecule has 0 radical (unpaired) electrons. The number of ether oxygens (including phenoxy) is 3. The average Bonchev–Trinajstić information content (AvgIpc) is 3.01. The molecule has 3 rings (SSSR count). The summed E-state index contributed by atoms with van der Waals surface area (Å²) >= 11 is 17.6. The Balaban J connectivity index is 0.000000301. The third-order valence-corrected chi connectivity index (χ3v) is 6.91. The van der Waals surface area contributed by atoms with E-state index in [0.717, 1.165) is 44.7 Å². The van der Waals surface area contributed by atoms with Crippen LogP contribution >= 0.6 is 34.8 Å². The maximum atomic E-state index is 12.3. The Morgan fingerprint density at radius 3 is 2.16 bits per heavy atom. The Bertz CT molecular complexity index is 1380. The SMILES string of the molecule is CCCOCCN(C(=O)CCl)c1c(CC)cccc1CC.COC(=O)c1cc(Oc2ccc(Cl)cc2Cl)ccc1[N+](=O)[O-]. The van der Waals surface area contributed by atoms with Crippen molar-refractivity contribution >= 4 is 58.1 Å². The summed E-state index contributed by atoms with van der Waals surface area (Å²) in [7, 11) is 1.13. The topological polar surface area (TPSA) is 108 Å². The van der Waals surface area contributed by atoms with Gasteiger partial charge in [-0.25, -0.2) is 4.79 Å². The molecule has 0 bridgehead atoms. The van der Waals surface area contributed by atoms with Crippen LogP contribution in [-0.2, 0) is 27.1 Å². The van der Waals surface area contributed by atoms with E-state index >= 15 is 0 Å². The Kier molecular flexibility index (Phi) is 15.3. The number of nitro groups is 1. The standard InChI is InChI=1S/C17H26ClNO2.C14H9Cl2NO5/c1-4-11-21-12-10-19(16(20)13-18)17-14(5-2)8-7-9-15(17)6-3;1-21-14(18)10-7-9(3-4-12(10)17(19)20)22-13-5-2-8(15)6-11(13)16/h7-9H,4-6,10-13H2,1-3H3;2-7H,1H3. The molecule has 3 aromatic rings. The van der Waals surface area contributed by atoms with Gasteiger partial charge in [0.15, 0.2) is 0 Å². The van der Waals surface area contributed by atoms with Crippen molar-refractivity contribution in [3.63, 3.8) is 0 Å². The second-order valence-electron chi connectivity index (χ2n) is 9.03. The number of alkyl halides is 1. The first-order chi connectivity index (χ1) is 20.6. The molecule has 0 atom stereocenters. The van der Waals surface area contributed by atoms with E-state index in [1.807, 2.05) is 0 Å². The van der Waals surface area contributed by atoms with Crippen molar-refractivity contribution < 1.29 is 28.7 Å². The second kappa shape index (κ2) is 18.3. The van der Waals surface area contributed by atoms with Crippen molar-refractivity contribution in [1.82, 2.24) is 0 Å². The van der Waals surface area contributed by atoms with Gasteiger partial charge < -0.3 is 19.1 Å². The average molecular weight is 654 g/mol. The molecule has 0 aliphatic carbocycles. The predicted octanol–water partition coefficient (Wildman–Crippen LogP) is 8.29. The number of nitro benzene ring substituents is 1. The molecule has 0 saturated heterocycles. The van der Waals surface area contributed by atoms with Gasteiger partial charge in [0.05, 0.1) is 29.4 Å². The molecule has 0 aliphatic rings. The molecule has 0 aromatic heterocycles. The fourth-order valence-corrected chi connectivity index (χ4v) is 4.68. The summed E-state index contributed by atoms with van der Waals surface area (Å²) in [5.41, 5.74) is 2.80. The molecular weight excluding hydrogens is 619 g/mol. The van der Waals surface area contributed by atoms with Crippen LogP contribution in [-0.4, -0.2) is 49.5 Å². The van der Waals surface area contributed by atoms with Gasteiger partial charge in [0.1, 0.15) is 22.9 Å². The zero-order valence-corrected chi connectivity index (χ0v) is 26.8. The number of anilines is 1. The zero-order chi connectivity index (χ0) is 31.9. The molecule has 0 N–H and O–H groups in total. The molecule has 0 saturated carbocycles. The quantitative estimate of drug-likeness (QED) is 0.0600. The van der Waals surface area contributed by atoms with E-state index in [1.54, 1.807) is 17.0 Å². The Labute approximate surface area is 266 Å². The Hall–Kier alpha value is -3.37. The maximum absolute atomic E-state index is 12.3. The van der Waals surface area contributed by atoms with Crippen LogP contribution in [0.25, 0.3) is 0 Å². The summed E-state index contributed by atoms with van der Waals surface area (Å²) in [6.07, 6.45) is 2.77. The molecule has 0 fully saturated rings. The summed E-state index contributed by atoms with van der Waals surface area (Å²) in [6, 6.07) is 14.6. The minimum atomic E-state index is -0.834. The predicted molar refractivity (Wildman–Crippen MR) is 170 cm³/mol. The molecule has 0 unspecified atom stereocenters. The highest BCUT2D eigenvalue weighted by Crippen LogP contribution is 2.33. The van der Waals surface area contributed by atoms with Crippen molar-refractivity contribution in [3.8, 4) is 11.5 Å². The van der Waals surface area contributed by atoms with Crippen LogP contribution in [0.3, 0.4) is 0 Å². The van der Waals surface area contributed by atoms with E-state index in [9.17, 15) is 19.7 Å². The van der Waals surface area contributed by atoms with Crippen molar-refractivity contribution in [1.29, 1.82) is 0 Å². The highest BCUT2D eigenvalue weighted by atomic mass is 35.5. The Morgan fingerprint density at radius 2 is 1.63 bits per heavy atom. The minimum absolute atomic E-state index is 0.00498. The fraction of sp³-hybridized carbons (Fsp3) is 0.355. The second-order valence-corrected chi connectivity index (χ2v) is 10.1. The van der Waals surface area contributed by atoms with Crippen LogP contribution in [0.15, 0.2) is 54.6 Å². The van der Waals surface area contributed by atoms with Crippen molar-refractivity contribution in [2.24, 2.45) is 0 Å². The number of esters is 1. The lowest BCUT2D eigenvalue weighted by Gasteiger charge is -2.27. The molecule has 43 heavy (non-hydrogen) atoms. The van der Waals surface area contributed by atoms with E-state index < -0.39 is 10.9 Å². The lowest BCUT2D eigenvalue weighted by Crippen LogP contribution is -2.36. The van der Waals surface area contributed by atoms with Crippen LogP contribution in [0.5, 0.6) is 11.5 Å². The normalized spacial score (nSPS) is 10.4. The van der Waals surface area contributed by atoms with Gasteiger partial charge in [0.2, 0.25) is 5.91 Å². The van der Waals surface area contributed by atoms with Gasteiger partial charge in [0, 0.05) is 30.3 Å².